The fraction of sp³-hybridized carbons (Fsp3) is 0.545. The van der Waals surface area contributed by atoms with Crippen molar-refractivity contribution in [3.63, 3.8) is 0 Å². The highest BCUT2D eigenvalue weighted by Gasteiger charge is 2.10. The summed E-state index contributed by atoms with van der Waals surface area (Å²) >= 11 is 0. The molecule has 1 aromatic rings. The molecule has 0 N–H and O–H groups in total. The van der Waals surface area contributed by atoms with Crippen molar-refractivity contribution in [1.29, 1.82) is 0 Å². The van der Waals surface area contributed by atoms with Gasteiger partial charge >= 0.3 is 0 Å². The molecule has 0 fully saturated rings. The Hall–Kier alpha value is -1.09. The van der Waals surface area contributed by atoms with Gasteiger partial charge in [-0.3, -0.25) is 9.69 Å². The molecule has 1 heterocycles. The Kier molecular flexibility index (Phi) is 3.89. The Morgan fingerprint density at radius 3 is 2.64 bits per heavy atom. The molecule has 0 aliphatic heterocycles. The lowest BCUT2D eigenvalue weighted by Crippen LogP contribution is -2.29. The van der Waals surface area contributed by atoms with Crippen LogP contribution in [-0.4, -0.2) is 23.8 Å². The lowest BCUT2D eigenvalue weighted by molar-refractivity contribution is 0.109. The van der Waals surface area contributed by atoms with E-state index in [1.54, 1.807) is 6.07 Å². The third-order valence-electron chi connectivity index (χ3n) is 2.29. The fourth-order valence-corrected chi connectivity index (χ4v) is 1.40. The smallest absolute Gasteiger partial charge is 0.185 e. The third kappa shape index (κ3) is 2.70. The summed E-state index contributed by atoms with van der Waals surface area (Å²) in [6.07, 6.45) is 0.731. The number of hydrogen-bond donors (Lipinski definition) is 0. The second kappa shape index (κ2) is 4.96. The topological polar surface area (TPSA) is 33.5 Å². The third-order valence-corrected chi connectivity index (χ3v) is 2.29. The van der Waals surface area contributed by atoms with Crippen molar-refractivity contribution < 1.29 is 9.21 Å². The molecule has 0 bridgehead atoms. The molecule has 0 saturated carbocycles. The number of carbonyl (C=O) groups excluding carboxylic acids is 1. The van der Waals surface area contributed by atoms with E-state index in [2.05, 4.69) is 25.7 Å². The normalized spacial score (nSPS) is 11.2. The zero-order chi connectivity index (χ0) is 10.6. The first-order chi connectivity index (χ1) is 6.67. The minimum absolute atomic E-state index is 0.403. The van der Waals surface area contributed by atoms with Crippen molar-refractivity contribution in [1.82, 2.24) is 4.90 Å². The SMILES string of the molecule is CCN(Cc1ccc(C=O)o1)C(C)C. The molecule has 0 unspecified atom stereocenters. The average molecular weight is 195 g/mol. The Balaban J connectivity index is 2.62. The molecule has 0 spiro atoms. The number of furan rings is 1. The summed E-state index contributed by atoms with van der Waals surface area (Å²) in [6.45, 7) is 8.15. The summed E-state index contributed by atoms with van der Waals surface area (Å²) < 4.78 is 5.31. The van der Waals surface area contributed by atoms with Gasteiger partial charge in [0.2, 0.25) is 0 Å². The molecule has 0 atom stereocenters. The van der Waals surface area contributed by atoms with E-state index in [0.29, 0.717) is 11.8 Å². The van der Waals surface area contributed by atoms with E-state index < -0.39 is 0 Å². The molecule has 3 nitrogen and oxygen atoms in total. The van der Waals surface area contributed by atoms with Gasteiger partial charge in [0.25, 0.3) is 0 Å². The number of carbonyl (C=O) groups is 1. The number of hydrogen-bond acceptors (Lipinski definition) is 3. The Morgan fingerprint density at radius 2 is 2.21 bits per heavy atom. The van der Waals surface area contributed by atoms with Gasteiger partial charge in [-0.05, 0) is 32.5 Å². The Labute approximate surface area is 84.7 Å². The predicted molar refractivity (Wildman–Crippen MR) is 55.3 cm³/mol. The maximum atomic E-state index is 10.4. The van der Waals surface area contributed by atoms with Crippen LogP contribution >= 0.6 is 0 Å². The van der Waals surface area contributed by atoms with Crippen molar-refractivity contribution in [2.75, 3.05) is 6.54 Å². The van der Waals surface area contributed by atoms with E-state index in [9.17, 15) is 4.79 Å². The van der Waals surface area contributed by atoms with Gasteiger partial charge in [0.05, 0.1) is 6.54 Å². The Morgan fingerprint density at radius 1 is 1.50 bits per heavy atom. The lowest BCUT2D eigenvalue weighted by Gasteiger charge is -2.23. The molecule has 14 heavy (non-hydrogen) atoms. The summed E-state index contributed by atoms with van der Waals surface area (Å²) in [6, 6.07) is 4.05. The van der Waals surface area contributed by atoms with E-state index in [0.717, 1.165) is 25.1 Å². The minimum atomic E-state index is 0.403. The molecule has 0 amide bonds. The molecule has 78 valence electrons. The van der Waals surface area contributed by atoms with Crippen molar-refractivity contribution in [2.45, 2.75) is 33.4 Å². The van der Waals surface area contributed by atoms with Crippen LogP contribution in [0.25, 0.3) is 0 Å². The van der Waals surface area contributed by atoms with Crippen LogP contribution in [0.1, 0.15) is 37.1 Å². The molecular weight excluding hydrogens is 178 g/mol. The minimum Gasteiger partial charge on any atom is -0.457 e. The summed E-state index contributed by atoms with van der Waals surface area (Å²) in [5.41, 5.74) is 0. The van der Waals surface area contributed by atoms with E-state index in [-0.39, 0.29) is 0 Å². The zero-order valence-electron chi connectivity index (χ0n) is 8.99. The van der Waals surface area contributed by atoms with Crippen molar-refractivity contribution in [2.24, 2.45) is 0 Å². The predicted octanol–water partition coefficient (Wildman–Crippen LogP) is 2.32. The summed E-state index contributed by atoms with van der Waals surface area (Å²) in [4.78, 5) is 12.7. The van der Waals surface area contributed by atoms with Gasteiger partial charge in [0.15, 0.2) is 12.0 Å². The van der Waals surface area contributed by atoms with E-state index in [1.165, 1.54) is 0 Å². The van der Waals surface area contributed by atoms with E-state index in [4.69, 9.17) is 4.42 Å². The monoisotopic (exact) mass is 195 g/mol. The molecule has 0 saturated heterocycles. The molecular formula is C11H17NO2. The van der Waals surface area contributed by atoms with Crippen molar-refractivity contribution >= 4 is 6.29 Å². The molecule has 0 aliphatic rings. The van der Waals surface area contributed by atoms with Crippen LogP contribution in [0.5, 0.6) is 0 Å². The van der Waals surface area contributed by atoms with Gasteiger partial charge in [0, 0.05) is 6.04 Å². The van der Waals surface area contributed by atoms with Crippen LogP contribution in [0.4, 0.5) is 0 Å². The molecule has 3 heteroatoms. The van der Waals surface area contributed by atoms with E-state index >= 15 is 0 Å². The van der Waals surface area contributed by atoms with Crippen LogP contribution in [0.2, 0.25) is 0 Å². The van der Waals surface area contributed by atoms with Crippen LogP contribution in [0, 0.1) is 0 Å². The van der Waals surface area contributed by atoms with Gasteiger partial charge in [-0.15, -0.1) is 0 Å². The van der Waals surface area contributed by atoms with Crippen molar-refractivity contribution in [3.05, 3.63) is 23.7 Å². The second-order valence-corrected chi connectivity index (χ2v) is 3.58. The largest absolute Gasteiger partial charge is 0.457 e. The molecule has 0 aliphatic carbocycles. The molecule has 0 radical (unpaired) electrons. The number of rotatable bonds is 5. The summed E-state index contributed by atoms with van der Waals surface area (Å²) in [5, 5.41) is 0. The highest BCUT2D eigenvalue weighted by atomic mass is 16.3. The first kappa shape index (κ1) is 11.0. The highest BCUT2D eigenvalue weighted by Crippen LogP contribution is 2.10. The standard InChI is InChI=1S/C11H17NO2/c1-4-12(9(2)3)7-10-5-6-11(8-13)14-10/h5-6,8-9H,4,7H2,1-3H3. The van der Waals surface area contributed by atoms with Crippen molar-refractivity contribution in [3.8, 4) is 0 Å². The zero-order valence-corrected chi connectivity index (χ0v) is 8.99. The number of aldehydes is 1. The maximum Gasteiger partial charge on any atom is 0.185 e. The lowest BCUT2D eigenvalue weighted by atomic mass is 10.3. The van der Waals surface area contributed by atoms with Gasteiger partial charge in [-0.2, -0.15) is 0 Å². The number of nitrogens with zero attached hydrogens (tertiary/aromatic N) is 1. The van der Waals surface area contributed by atoms with Crippen LogP contribution in [-0.2, 0) is 6.54 Å². The molecule has 1 rings (SSSR count). The average Bonchev–Trinajstić information content (AvgIpc) is 2.61. The van der Waals surface area contributed by atoms with Crippen LogP contribution < -0.4 is 0 Å². The van der Waals surface area contributed by atoms with Gasteiger partial charge in [-0.1, -0.05) is 6.92 Å². The van der Waals surface area contributed by atoms with Gasteiger partial charge in [-0.25, -0.2) is 0 Å². The Bertz CT molecular complexity index is 291. The molecule has 0 aromatic carbocycles. The highest BCUT2D eigenvalue weighted by molar-refractivity contribution is 5.70. The maximum absolute atomic E-state index is 10.4. The van der Waals surface area contributed by atoms with Crippen LogP contribution in [0.15, 0.2) is 16.5 Å². The van der Waals surface area contributed by atoms with Crippen LogP contribution in [0.3, 0.4) is 0 Å². The summed E-state index contributed by atoms with van der Waals surface area (Å²) in [5.74, 6) is 1.25. The molecule has 1 aromatic heterocycles. The fourth-order valence-electron chi connectivity index (χ4n) is 1.40. The van der Waals surface area contributed by atoms with E-state index in [1.807, 2.05) is 6.07 Å². The summed E-state index contributed by atoms with van der Waals surface area (Å²) in [7, 11) is 0. The second-order valence-electron chi connectivity index (χ2n) is 3.58. The van der Waals surface area contributed by atoms with Gasteiger partial charge < -0.3 is 4.42 Å². The quantitative estimate of drug-likeness (QED) is 0.676. The first-order valence-electron chi connectivity index (χ1n) is 4.95. The first-order valence-corrected chi connectivity index (χ1v) is 4.95. The van der Waals surface area contributed by atoms with Gasteiger partial charge in [0.1, 0.15) is 5.76 Å².